The van der Waals surface area contributed by atoms with Crippen LogP contribution in [0, 0.1) is 12.3 Å². The molecule has 2 aromatic rings. The second kappa shape index (κ2) is 6.92. The molecule has 0 spiro atoms. The van der Waals surface area contributed by atoms with E-state index in [0.717, 1.165) is 34.8 Å². The van der Waals surface area contributed by atoms with Crippen molar-refractivity contribution < 1.29 is 9.59 Å². The number of anilines is 1. The first-order valence-corrected chi connectivity index (χ1v) is 10.3. The van der Waals surface area contributed by atoms with E-state index in [4.69, 9.17) is 0 Å². The Kier molecular flexibility index (Phi) is 5.02. The van der Waals surface area contributed by atoms with Gasteiger partial charge < -0.3 is 10.2 Å². The smallest absolute Gasteiger partial charge is 0.264 e. The number of carbonyl (C=O) groups is 2. The monoisotopic (exact) mass is 376 g/mol. The fourth-order valence-corrected chi connectivity index (χ4v) is 4.74. The van der Waals surface area contributed by atoms with Crippen LogP contribution >= 0.6 is 22.7 Å². The van der Waals surface area contributed by atoms with Crippen molar-refractivity contribution in [3.05, 3.63) is 38.9 Å². The molecule has 3 heterocycles. The Hall–Kier alpha value is -1.66. The highest BCUT2D eigenvalue weighted by Crippen LogP contribution is 2.37. The van der Waals surface area contributed by atoms with Gasteiger partial charge in [-0.15, -0.1) is 11.3 Å². The topological polar surface area (TPSA) is 49.4 Å². The average molecular weight is 377 g/mol. The number of nitrogens with zero attached hydrogens (tertiary/aromatic N) is 1. The summed E-state index contributed by atoms with van der Waals surface area (Å²) in [5.41, 5.74) is 1.70. The maximum atomic E-state index is 13.1. The average Bonchev–Trinajstić information content (AvgIpc) is 3.25. The minimum atomic E-state index is -0.457. The van der Waals surface area contributed by atoms with Crippen LogP contribution in [0.15, 0.2) is 22.9 Å². The van der Waals surface area contributed by atoms with Gasteiger partial charge in [-0.05, 0) is 53.8 Å². The summed E-state index contributed by atoms with van der Waals surface area (Å²) >= 11 is 3.05. The molecule has 4 nitrogen and oxygen atoms in total. The zero-order valence-electron chi connectivity index (χ0n) is 15.1. The Morgan fingerprint density at radius 2 is 2.08 bits per heavy atom. The van der Waals surface area contributed by atoms with E-state index >= 15 is 0 Å². The fourth-order valence-electron chi connectivity index (χ4n) is 3.01. The molecule has 0 bridgehead atoms. The van der Waals surface area contributed by atoms with Crippen LogP contribution in [0.3, 0.4) is 0 Å². The van der Waals surface area contributed by atoms with Crippen molar-refractivity contribution in [2.24, 2.45) is 5.41 Å². The lowest BCUT2D eigenvalue weighted by Crippen LogP contribution is -2.30. The molecule has 1 aliphatic heterocycles. The van der Waals surface area contributed by atoms with Crippen LogP contribution in [-0.2, 0) is 4.79 Å². The summed E-state index contributed by atoms with van der Waals surface area (Å²) in [6, 6.07) is 4.18. The summed E-state index contributed by atoms with van der Waals surface area (Å²) in [6.45, 7) is 8.37. The first-order valence-electron chi connectivity index (χ1n) is 8.52. The number of hydrogen-bond donors (Lipinski definition) is 1. The van der Waals surface area contributed by atoms with Gasteiger partial charge in [0.2, 0.25) is 5.91 Å². The third-order valence-corrected chi connectivity index (χ3v) is 6.31. The summed E-state index contributed by atoms with van der Waals surface area (Å²) in [4.78, 5) is 28.0. The molecule has 0 aliphatic carbocycles. The van der Waals surface area contributed by atoms with E-state index in [1.165, 1.54) is 16.9 Å². The first kappa shape index (κ1) is 18.1. The third kappa shape index (κ3) is 3.80. The third-order valence-electron chi connectivity index (χ3n) is 4.47. The van der Waals surface area contributed by atoms with Gasteiger partial charge in [-0.2, -0.15) is 11.3 Å². The Labute approximate surface area is 156 Å². The van der Waals surface area contributed by atoms with Crippen molar-refractivity contribution in [2.45, 2.75) is 46.6 Å². The summed E-state index contributed by atoms with van der Waals surface area (Å²) in [7, 11) is 0. The van der Waals surface area contributed by atoms with E-state index in [9.17, 15) is 9.59 Å². The number of hydrogen-bond acceptors (Lipinski definition) is 4. The van der Waals surface area contributed by atoms with Crippen LogP contribution in [0.2, 0.25) is 0 Å². The van der Waals surface area contributed by atoms with Crippen molar-refractivity contribution >= 4 is 39.5 Å². The summed E-state index contributed by atoms with van der Waals surface area (Å²) < 4.78 is 0. The number of nitrogens with one attached hydrogen (secondary N) is 1. The Balaban J connectivity index is 1.80. The van der Waals surface area contributed by atoms with E-state index in [1.807, 2.05) is 38.7 Å². The zero-order valence-corrected chi connectivity index (χ0v) is 16.7. The molecule has 3 rings (SSSR count). The van der Waals surface area contributed by atoms with Crippen LogP contribution in [0.25, 0.3) is 0 Å². The van der Waals surface area contributed by atoms with Gasteiger partial charge in [0.15, 0.2) is 0 Å². The number of thiophene rings is 2. The number of amides is 2. The van der Waals surface area contributed by atoms with Crippen LogP contribution in [-0.4, -0.2) is 23.3 Å². The predicted molar refractivity (Wildman–Crippen MR) is 104 cm³/mol. The summed E-state index contributed by atoms with van der Waals surface area (Å²) in [5.74, 6) is 0.0394. The van der Waals surface area contributed by atoms with Gasteiger partial charge in [0, 0.05) is 12.0 Å². The molecule has 0 saturated carbocycles. The number of aryl methyl sites for hydroxylation is 1. The molecule has 25 heavy (non-hydrogen) atoms. The quantitative estimate of drug-likeness (QED) is 0.812. The molecule has 6 heteroatoms. The van der Waals surface area contributed by atoms with Gasteiger partial charge >= 0.3 is 0 Å². The minimum absolute atomic E-state index is 0.0370. The number of rotatable bonds is 3. The minimum Gasteiger partial charge on any atom is -0.331 e. The highest BCUT2D eigenvalue weighted by molar-refractivity contribution is 7.18. The predicted octanol–water partition coefficient (Wildman–Crippen LogP) is 5.08. The molecule has 0 unspecified atom stereocenters. The zero-order chi connectivity index (χ0) is 18.2. The van der Waals surface area contributed by atoms with E-state index in [1.54, 1.807) is 11.3 Å². The molecule has 134 valence electrons. The molecule has 1 fully saturated rings. The second-order valence-electron chi connectivity index (χ2n) is 7.54. The van der Waals surface area contributed by atoms with Gasteiger partial charge in [0.1, 0.15) is 0 Å². The first-order chi connectivity index (χ1) is 11.8. The molecular weight excluding hydrogens is 352 g/mol. The SMILES string of the molecule is Cc1cc(NC(=O)C(C)(C)C)sc1C(=O)N1CCC[C@H]1c1ccsc1. The highest BCUT2D eigenvalue weighted by Gasteiger charge is 2.32. The molecule has 2 aromatic heterocycles. The molecule has 0 radical (unpaired) electrons. The van der Waals surface area contributed by atoms with Crippen molar-refractivity contribution in [2.75, 3.05) is 11.9 Å². The van der Waals surface area contributed by atoms with Crippen molar-refractivity contribution in [1.82, 2.24) is 4.90 Å². The largest absolute Gasteiger partial charge is 0.331 e. The van der Waals surface area contributed by atoms with Gasteiger partial charge in [-0.25, -0.2) is 0 Å². The van der Waals surface area contributed by atoms with Crippen molar-refractivity contribution in [3.8, 4) is 0 Å². The van der Waals surface area contributed by atoms with Crippen LogP contribution in [0.1, 0.15) is 60.5 Å². The van der Waals surface area contributed by atoms with E-state index < -0.39 is 5.41 Å². The van der Waals surface area contributed by atoms with E-state index in [-0.39, 0.29) is 17.9 Å². The summed E-state index contributed by atoms with van der Waals surface area (Å²) in [6.07, 6.45) is 2.05. The van der Waals surface area contributed by atoms with E-state index in [0.29, 0.717) is 0 Å². The van der Waals surface area contributed by atoms with Crippen molar-refractivity contribution in [1.29, 1.82) is 0 Å². The van der Waals surface area contributed by atoms with Gasteiger partial charge in [-0.1, -0.05) is 20.8 Å². The molecule has 1 saturated heterocycles. The number of likely N-dealkylation sites (tertiary alicyclic amines) is 1. The van der Waals surface area contributed by atoms with Crippen LogP contribution < -0.4 is 5.32 Å². The Morgan fingerprint density at radius 3 is 2.72 bits per heavy atom. The van der Waals surface area contributed by atoms with Crippen LogP contribution in [0.4, 0.5) is 5.00 Å². The van der Waals surface area contributed by atoms with Gasteiger partial charge in [-0.3, -0.25) is 9.59 Å². The lowest BCUT2D eigenvalue weighted by atomic mass is 9.96. The maximum absolute atomic E-state index is 13.1. The van der Waals surface area contributed by atoms with Crippen molar-refractivity contribution in [3.63, 3.8) is 0 Å². The maximum Gasteiger partial charge on any atom is 0.264 e. The van der Waals surface area contributed by atoms with Gasteiger partial charge in [0.25, 0.3) is 5.91 Å². The van der Waals surface area contributed by atoms with Gasteiger partial charge in [0.05, 0.1) is 15.9 Å². The molecule has 2 amide bonds. The molecule has 0 aromatic carbocycles. The Bertz CT molecular complexity index is 772. The molecule has 1 aliphatic rings. The molecular formula is C19H24N2O2S2. The van der Waals surface area contributed by atoms with E-state index in [2.05, 4.69) is 22.1 Å². The normalized spacial score (nSPS) is 17.8. The number of carbonyl (C=O) groups excluding carboxylic acids is 2. The standard InChI is InChI=1S/C19H24N2O2S2/c1-12-10-15(20-18(23)19(2,3)4)25-16(12)17(22)21-8-5-6-14(21)13-7-9-24-11-13/h7,9-11,14H,5-6,8H2,1-4H3,(H,20,23)/t14-/m0/s1. The second-order valence-corrected chi connectivity index (χ2v) is 9.37. The highest BCUT2D eigenvalue weighted by atomic mass is 32.1. The lowest BCUT2D eigenvalue weighted by molar-refractivity contribution is -0.123. The molecule has 1 N–H and O–H groups in total. The lowest BCUT2D eigenvalue weighted by Gasteiger charge is -2.24. The van der Waals surface area contributed by atoms with Crippen LogP contribution in [0.5, 0.6) is 0 Å². The Morgan fingerprint density at radius 1 is 1.32 bits per heavy atom. The fraction of sp³-hybridized carbons (Fsp3) is 0.474. The summed E-state index contributed by atoms with van der Waals surface area (Å²) in [5, 5.41) is 7.87. The molecule has 1 atom stereocenters.